The van der Waals surface area contributed by atoms with Crippen LogP contribution in [0.1, 0.15) is 41.6 Å². The van der Waals surface area contributed by atoms with Crippen LogP contribution < -0.4 is 5.32 Å². The molecule has 1 heterocycles. The van der Waals surface area contributed by atoms with Crippen molar-refractivity contribution < 1.29 is 18.4 Å². The number of piperazine rings is 1. The standard InChI is InChI=1S/C25H29F2N3O2/c26-21-10-8-18(9-11-21)17-28-24(31)23(19-4-1-2-5-19)29-12-14-30(15-13-29)25(32)20-6-3-7-22(27)16-20/h3,6-11,16,19,23H,1-2,4-5,12-15,17H2,(H,28,31). The average Bonchev–Trinajstić information content (AvgIpc) is 3.33. The summed E-state index contributed by atoms with van der Waals surface area (Å²) in [4.78, 5) is 29.8. The van der Waals surface area contributed by atoms with Crippen molar-refractivity contribution in [1.29, 1.82) is 0 Å². The lowest BCUT2D eigenvalue weighted by atomic mass is 9.94. The third-order valence-corrected chi connectivity index (χ3v) is 6.56. The zero-order chi connectivity index (χ0) is 22.5. The molecule has 1 aliphatic heterocycles. The summed E-state index contributed by atoms with van der Waals surface area (Å²) in [5.41, 5.74) is 1.21. The summed E-state index contributed by atoms with van der Waals surface area (Å²) in [7, 11) is 0. The third-order valence-electron chi connectivity index (χ3n) is 6.56. The number of carbonyl (C=O) groups is 2. The van der Waals surface area contributed by atoms with Crippen molar-refractivity contribution in [2.24, 2.45) is 5.92 Å². The molecule has 32 heavy (non-hydrogen) atoms. The van der Waals surface area contributed by atoms with Crippen LogP contribution in [0.4, 0.5) is 8.78 Å². The number of nitrogens with zero attached hydrogens (tertiary/aromatic N) is 2. The fraction of sp³-hybridized carbons (Fsp3) is 0.440. The maximum atomic E-state index is 13.5. The molecule has 1 unspecified atom stereocenters. The minimum Gasteiger partial charge on any atom is -0.351 e. The Morgan fingerprint density at radius 1 is 0.938 bits per heavy atom. The minimum atomic E-state index is -0.423. The van der Waals surface area contributed by atoms with E-state index in [0.717, 1.165) is 31.2 Å². The van der Waals surface area contributed by atoms with Crippen molar-refractivity contribution in [2.45, 2.75) is 38.3 Å². The summed E-state index contributed by atoms with van der Waals surface area (Å²) >= 11 is 0. The summed E-state index contributed by atoms with van der Waals surface area (Å²) in [6.45, 7) is 2.58. The predicted octanol–water partition coefficient (Wildman–Crippen LogP) is 3.60. The zero-order valence-electron chi connectivity index (χ0n) is 18.1. The lowest BCUT2D eigenvalue weighted by molar-refractivity contribution is -0.129. The minimum absolute atomic E-state index is 0.00821. The third kappa shape index (κ3) is 5.33. The first-order chi connectivity index (χ1) is 15.5. The van der Waals surface area contributed by atoms with Gasteiger partial charge in [-0.25, -0.2) is 8.78 Å². The molecule has 4 rings (SSSR count). The van der Waals surface area contributed by atoms with Crippen LogP contribution in [-0.2, 0) is 11.3 Å². The van der Waals surface area contributed by atoms with Gasteiger partial charge in [-0.05, 0) is 54.7 Å². The van der Waals surface area contributed by atoms with E-state index in [1.165, 1.54) is 24.3 Å². The monoisotopic (exact) mass is 441 g/mol. The van der Waals surface area contributed by atoms with Gasteiger partial charge < -0.3 is 10.2 Å². The van der Waals surface area contributed by atoms with E-state index in [2.05, 4.69) is 10.2 Å². The molecule has 0 spiro atoms. The van der Waals surface area contributed by atoms with Gasteiger partial charge in [0, 0.05) is 38.3 Å². The second-order valence-corrected chi connectivity index (χ2v) is 8.67. The first-order valence-electron chi connectivity index (χ1n) is 11.3. The van der Waals surface area contributed by atoms with Crippen molar-refractivity contribution in [3.8, 4) is 0 Å². The quantitative estimate of drug-likeness (QED) is 0.745. The molecule has 0 bridgehead atoms. The van der Waals surface area contributed by atoms with Crippen LogP contribution in [0.15, 0.2) is 48.5 Å². The Balaban J connectivity index is 1.38. The summed E-state index contributed by atoms with van der Waals surface area (Å²) in [6, 6.07) is 11.7. The van der Waals surface area contributed by atoms with Crippen molar-refractivity contribution in [2.75, 3.05) is 26.2 Å². The van der Waals surface area contributed by atoms with Crippen molar-refractivity contribution in [3.63, 3.8) is 0 Å². The first kappa shape index (κ1) is 22.4. The maximum absolute atomic E-state index is 13.5. The fourth-order valence-corrected chi connectivity index (χ4v) is 4.85. The Bertz CT molecular complexity index is 936. The zero-order valence-corrected chi connectivity index (χ0v) is 18.1. The van der Waals surface area contributed by atoms with Gasteiger partial charge in [0.05, 0.1) is 6.04 Å². The Morgan fingerprint density at radius 2 is 1.62 bits per heavy atom. The SMILES string of the molecule is O=C(NCc1ccc(F)cc1)C(C1CCCC1)N1CCN(C(=O)c2cccc(F)c2)CC1. The van der Waals surface area contributed by atoms with Crippen molar-refractivity contribution in [1.82, 2.24) is 15.1 Å². The Labute approximate surface area is 187 Å². The van der Waals surface area contributed by atoms with Crippen LogP contribution in [0.5, 0.6) is 0 Å². The lowest BCUT2D eigenvalue weighted by Gasteiger charge is -2.40. The highest BCUT2D eigenvalue weighted by Crippen LogP contribution is 2.31. The molecule has 1 saturated heterocycles. The largest absolute Gasteiger partial charge is 0.351 e. The molecule has 0 aromatic heterocycles. The second kappa shape index (κ2) is 10.2. The molecule has 2 fully saturated rings. The number of carbonyl (C=O) groups excluding carboxylic acids is 2. The van der Waals surface area contributed by atoms with E-state index >= 15 is 0 Å². The predicted molar refractivity (Wildman–Crippen MR) is 118 cm³/mol. The van der Waals surface area contributed by atoms with Crippen LogP contribution >= 0.6 is 0 Å². The highest BCUT2D eigenvalue weighted by Gasteiger charge is 2.37. The molecule has 2 aromatic rings. The topological polar surface area (TPSA) is 52.7 Å². The molecule has 1 aliphatic carbocycles. The molecule has 2 aliphatic rings. The van der Waals surface area contributed by atoms with Crippen molar-refractivity contribution in [3.05, 3.63) is 71.3 Å². The number of hydrogen-bond acceptors (Lipinski definition) is 3. The molecular formula is C25H29F2N3O2. The molecular weight excluding hydrogens is 412 g/mol. The molecule has 7 heteroatoms. The maximum Gasteiger partial charge on any atom is 0.254 e. The summed E-state index contributed by atoms with van der Waals surface area (Å²) < 4.78 is 26.6. The second-order valence-electron chi connectivity index (χ2n) is 8.67. The molecule has 5 nitrogen and oxygen atoms in total. The molecule has 2 amide bonds. The summed E-state index contributed by atoms with van der Waals surface area (Å²) in [5.74, 6) is -0.606. The molecule has 170 valence electrons. The Morgan fingerprint density at radius 3 is 2.28 bits per heavy atom. The van der Waals surface area contributed by atoms with Gasteiger partial charge in [-0.15, -0.1) is 0 Å². The van der Waals surface area contributed by atoms with E-state index in [9.17, 15) is 18.4 Å². The van der Waals surface area contributed by atoms with E-state index in [0.29, 0.717) is 44.2 Å². The van der Waals surface area contributed by atoms with Gasteiger partial charge in [0.15, 0.2) is 0 Å². The number of rotatable bonds is 6. The number of halogens is 2. The number of hydrogen-bond donors (Lipinski definition) is 1. The smallest absolute Gasteiger partial charge is 0.254 e. The van der Waals surface area contributed by atoms with Crippen LogP contribution in [0.2, 0.25) is 0 Å². The number of nitrogens with one attached hydrogen (secondary N) is 1. The highest BCUT2D eigenvalue weighted by molar-refractivity contribution is 5.94. The lowest BCUT2D eigenvalue weighted by Crippen LogP contribution is -2.57. The molecule has 2 aromatic carbocycles. The van der Waals surface area contributed by atoms with Crippen LogP contribution in [0.25, 0.3) is 0 Å². The molecule has 1 N–H and O–H groups in total. The van der Waals surface area contributed by atoms with Crippen LogP contribution in [-0.4, -0.2) is 53.8 Å². The summed E-state index contributed by atoms with van der Waals surface area (Å²) in [5, 5.41) is 3.03. The van der Waals surface area contributed by atoms with Crippen molar-refractivity contribution >= 4 is 11.8 Å². The summed E-state index contributed by atoms with van der Waals surface area (Å²) in [6.07, 6.45) is 4.31. The van der Waals surface area contributed by atoms with E-state index in [4.69, 9.17) is 0 Å². The van der Waals surface area contributed by atoms with Crippen LogP contribution in [0, 0.1) is 17.6 Å². The molecule has 1 atom stereocenters. The highest BCUT2D eigenvalue weighted by atomic mass is 19.1. The average molecular weight is 442 g/mol. The van der Waals surface area contributed by atoms with Gasteiger partial charge in [0.25, 0.3) is 5.91 Å². The van der Waals surface area contributed by atoms with Gasteiger partial charge in [-0.2, -0.15) is 0 Å². The Kier molecular flexibility index (Phi) is 7.15. The van der Waals surface area contributed by atoms with E-state index in [1.54, 1.807) is 29.2 Å². The molecule has 1 saturated carbocycles. The van der Waals surface area contributed by atoms with Gasteiger partial charge in [-0.3, -0.25) is 14.5 Å². The Hall–Kier alpha value is -2.80. The number of amides is 2. The van der Waals surface area contributed by atoms with Crippen LogP contribution in [0.3, 0.4) is 0 Å². The fourth-order valence-electron chi connectivity index (χ4n) is 4.85. The van der Waals surface area contributed by atoms with Gasteiger partial charge in [0.2, 0.25) is 5.91 Å². The van der Waals surface area contributed by atoms with E-state index in [1.807, 2.05) is 0 Å². The van der Waals surface area contributed by atoms with E-state index in [-0.39, 0.29) is 23.7 Å². The van der Waals surface area contributed by atoms with Gasteiger partial charge in [-0.1, -0.05) is 31.0 Å². The number of benzene rings is 2. The van der Waals surface area contributed by atoms with Gasteiger partial charge >= 0.3 is 0 Å². The van der Waals surface area contributed by atoms with E-state index < -0.39 is 5.82 Å². The normalized spacial score (nSPS) is 18.5. The van der Waals surface area contributed by atoms with Gasteiger partial charge in [0.1, 0.15) is 11.6 Å². The first-order valence-corrected chi connectivity index (χ1v) is 11.3. The molecule has 0 radical (unpaired) electrons.